The summed E-state index contributed by atoms with van der Waals surface area (Å²) in [6.07, 6.45) is 5.65. The van der Waals surface area contributed by atoms with Gasteiger partial charge in [-0.15, -0.1) is 11.3 Å². The van der Waals surface area contributed by atoms with Crippen LogP contribution >= 0.6 is 11.3 Å². The van der Waals surface area contributed by atoms with Crippen molar-refractivity contribution < 1.29 is 33.4 Å². The first-order chi connectivity index (χ1) is 15.8. The fourth-order valence-corrected chi connectivity index (χ4v) is 6.30. The number of carbonyl (C=O) groups excluding carboxylic acids is 5. The zero-order valence-corrected chi connectivity index (χ0v) is 19.6. The normalized spacial score (nSPS) is 22.5. The molecule has 3 atom stereocenters. The molecule has 2 unspecified atom stereocenters. The number of hydrogen-bond acceptors (Lipinski definition) is 8. The van der Waals surface area contributed by atoms with Crippen molar-refractivity contribution in [2.75, 3.05) is 18.5 Å². The molecule has 1 aromatic heterocycles. The van der Waals surface area contributed by atoms with Crippen molar-refractivity contribution in [1.29, 1.82) is 0 Å². The fourth-order valence-electron chi connectivity index (χ4n) is 5.01. The first kappa shape index (κ1) is 23.4. The highest BCUT2D eigenvalue weighted by molar-refractivity contribution is 7.17. The molecule has 2 heterocycles. The van der Waals surface area contributed by atoms with Gasteiger partial charge in [-0.25, -0.2) is 9.59 Å². The van der Waals surface area contributed by atoms with E-state index in [-0.39, 0.29) is 30.3 Å². The van der Waals surface area contributed by atoms with Gasteiger partial charge in [0.25, 0.3) is 5.91 Å². The van der Waals surface area contributed by atoms with Crippen LogP contribution in [0.1, 0.15) is 66.8 Å². The number of fused-ring (bicyclic) bond motifs is 2. The molecule has 10 heteroatoms. The molecule has 0 bridgehead atoms. The summed E-state index contributed by atoms with van der Waals surface area (Å²) in [6, 6.07) is -1.09. The predicted molar refractivity (Wildman–Crippen MR) is 119 cm³/mol. The molecule has 2 fully saturated rings. The first-order valence-corrected chi connectivity index (χ1v) is 12.3. The Labute approximate surface area is 195 Å². The molecule has 1 N–H and O–H groups in total. The number of imide groups is 1. The molecule has 0 aromatic carbocycles. The second kappa shape index (κ2) is 9.62. The van der Waals surface area contributed by atoms with Gasteiger partial charge in [-0.05, 0) is 51.5 Å². The lowest BCUT2D eigenvalue weighted by Crippen LogP contribution is -2.45. The molecule has 1 aliphatic heterocycles. The smallest absolute Gasteiger partial charge is 0.341 e. The maximum Gasteiger partial charge on any atom is 0.341 e. The summed E-state index contributed by atoms with van der Waals surface area (Å²) >= 11 is 1.33. The van der Waals surface area contributed by atoms with Gasteiger partial charge in [0.05, 0.1) is 24.0 Å². The van der Waals surface area contributed by atoms with Crippen LogP contribution in [0.15, 0.2) is 0 Å². The number of likely N-dealkylation sites (tertiary alicyclic amines) is 1. The van der Waals surface area contributed by atoms with Crippen LogP contribution in [0, 0.1) is 11.8 Å². The average Bonchev–Trinajstić information content (AvgIpc) is 3.44. The third-order valence-corrected chi connectivity index (χ3v) is 7.81. The van der Waals surface area contributed by atoms with E-state index in [1.807, 2.05) is 0 Å². The predicted octanol–water partition coefficient (Wildman–Crippen LogP) is 2.46. The van der Waals surface area contributed by atoms with Crippen LogP contribution in [0.3, 0.4) is 0 Å². The Hall–Kier alpha value is -2.75. The second-order valence-electron chi connectivity index (χ2n) is 8.66. The van der Waals surface area contributed by atoms with Crippen LogP contribution in [0.2, 0.25) is 0 Å². The maximum atomic E-state index is 12.7. The van der Waals surface area contributed by atoms with Crippen LogP contribution in [-0.2, 0) is 41.5 Å². The summed E-state index contributed by atoms with van der Waals surface area (Å²) in [7, 11) is 0. The highest BCUT2D eigenvalue weighted by Crippen LogP contribution is 2.40. The number of nitrogens with one attached hydrogen (secondary N) is 1. The molecule has 3 amide bonds. The second-order valence-corrected chi connectivity index (χ2v) is 9.76. The summed E-state index contributed by atoms with van der Waals surface area (Å²) in [6.45, 7) is 2.79. The van der Waals surface area contributed by atoms with Gasteiger partial charge in [-0.3, -0.25) is 19.3 Å². The molecule has 178 valence electrons. The van der Waals surface area contributed by atoms with Crippen molar-refractivity contribution in [3.05, 3.63) is 16.0 Å². The number of nitrogens with zero attached hydrogens (tertiary/aromatic N) is 1. The summed E-state index contributed by atoms with van der Waals surface area (Å²) in [5.74, 6) is -3.26. The van der Waals surface area contributed by atoms with Crippen molar-refractivity contribution in [3.8, 4) is 0 Å². The lowest BCUT2D eigenvalue weighted by atomic mass is 9.81. The van der Waals surface area contributed by atoms with E-state index >= 15 is 0 Å². The van der Waals surface area contributed by atoms with E-state index in [0.717, 1.165) is 47.4 Å². The number of amides is 3. The number of ether oxygens (including phenoxy) is 2. The fraction of sp³-hybridized carbons (Fsp3) is 0.609. The maximum absolute atomic E-state index is 12.7. The Morgan fingerprint density at radius 1 is 1.06 bits per heavy atom. The number of esters is 2. The van der Waals surface area contributed by atoms with Crippen LogP contribution in [0.5, 0.6) is 0 Å². The van der Waals surface area contributed by atoms with Gasteiger partial charge in [-0.1, -0.05) is 12.8 Å². The minimum atomic E-state index is -1.09. The van der Waals surface area contributed by atoms with E-state index in [2.05, 4.69) is 5.32 Å². The Kier molecular flexibility index (Phi) is 6.83. The number of thiophene rings is 1. The molecule has 3 aliphatic rings. The SMILES string of the molecule is CCOC(=O)c1c(NC(=O)COC(=O)[C@H](C)N2C(=O)C3CCCCC3C2=O)sc2c1CCC2. The highest BCUT2D eigenvalue weighted by atomic mass is 32.1. The van der Waals surface area contributed by atoms with Gasteiger partial charge in [-0.2, -0.15) is 0 Å². The molecule has 0 spiro atoms. The number of aryl methyl sites for hydroxylation is 1. The van der Waals surface area contributed by atoms with E-state index in [0.29, 0.717) is 23.4 Å². The van der Waals surface area contributed by atoms with Gasteiger partial charge in [0, 0.05) is 4.88 Å². The quantitative estimate of drug-likeness (QED) is 0.474. The first-order valence-electron chi connectivity index (χ1n) is 11.5. The molecule has 9 nitrogen and oxygen atoms in total. The molecule has 2 aliphatic carbocycles. The molecular formula is C23H28N2O7S. The Bertz CT molecular complexity index is 977. The average molecular weight is 477 g/mol. The third-order valence-electron chi connectivity index (χ3n) is 6.60. The lowest BCUT2D eigenvalue weighted by Gasteiger charge is -2.21. The molecular weight excluding hydrogens is 448 g/mol. The standard InChI is InChI=1S/C23H28N2O7S/c1-3-31-23(30)18-15-9-6-10-16(15)33-19(18)24-17(26)11-32-22(29)12(2)25-20(27)13-7-4-5-8-14(13)21(25)28/h12-14H,3-11H2,1-2H3,(H,24,26)/t12-,13?,14?/m0/s1. The van der Waals surface area contributed by atoms with Crippen molar-refractivity contribution in [2.24, 2.45) is 11.8 Å². The van der Waals surface area contributed by atoms with E-state index in [1.54, 1.807) is 6.92 Å². The zero-order chi connectivity index (χ0) is 23.7. The summed E-state index contributed by atoms with van der Waals surface area (Å²) in [5, 5.41) is 3.05. The number of rotatable bonds is 7. The van der Waals surface area contributed by atoms with Gasteiger partial charge >= 0.3 is 11.9 Å². The molecule has 33 heavy (non-hydrogen) atoms. The monoisotopic (exact) mass is 476 g/mol. The van der Waals surface area contributed by atoms with Gasteiger partial charge in [0.1, 0.15) is 11.0 Å². The molecule has 0 radical (unpaired) electrons. The van der Waals surface area contributed by atoms with Crippen molar-refractivity contribution in [1.82, 2.24) is 4.90 Å². The zero-order valence-electron chi connectivity index (χ0n) is 18.8. The van der Waals surface area contributed by atoms with E-state index in [1.165, 1.54) is 18.3 Å². The van der Waals surface area contributed by atoms with Crippen molar-refractivity contribution >= 4 is 46.0 Å². The summed E-state index contributed by atoms with van der Waals surface area (Å²) in [4.78, 5) is 64.8. The topological polar surface area (TPSA) is 119 Å². The Balaban J connectivity index is 1.37. The van der Waals surface area contributed by atoms with Crippen molar-refractivity contribution in [2.45, 2.75) is 64.8 Å². The molecule has 1 saturated heterocycles. The largest absolute Gasteiger partial charge is 0.462 e. The highest BCUT2D eigenvalue weighted by Gasteiger charge is 2.51. The number of hydrogen-bond donors (Lipinski definition) is 1. The van der Waals surface area contributed by atoms with Crippen molar-refractivity contribution in [3.63, 3.8) is 0 Å². The summed E-state index contributed by atoms with van der Waals surface area (Å²) < 4.78 is 10.3. The minimum absolute atomic E-state index is 0.224. The van der Waals surface area contributed by atoms with E-state index in [4.69, 9.17) is 9.47 Å². The minimum Gasteiger partial charge on any atom is -0.462 e. The Morgan fingerprint density at radius 2 is 1.73 bits per heavy atom. The van der Waals surface area contributed by atoms with Gasteiger partial charge in [0.2, 0.25) is 11.8 Å². The van der Waals surface area contributed by atoms with E-state index < -0.39 is 30.5 Å². The molecule has 1 saturated carbocycles. The van der Waals surface area contributed by atoms with Crippen LogP contribution in [0.25, 0.3) is 0 Å². The van der Waals surface area contributed by atoms with Gasteiger partial charge in [0.15, 0.2) is 6.61 Å². The summed E-state index contributed by atoms with van der Waals surface area (Å²) in [5.41, 5.74) is 1.28. The van der Waals surface area contributed by atoms with Crippen LogP contribution < -0.4 is 5.32 Å². The number of anilines is 1. The molecule has 1 aromatic rings. The lowest BCUT2D eigenvalue weighted by molar-refractivity contribution is -0.159. The van der Waals surface area contributed by atoms with Gasteiger partial charge < -0.3 is 14.8 Å². The third kappa shape index (κ3) is 4.40. The van der Waals surface area contributed by atoms with Crippen LogP contribution in [-0.4, -0.2) is 53.8 Å². The Morgan fingerprint density at radius 3 is 2.36 bits per heavy atom. The van der Waals surface area contributed by atoms with E-state index in [9.17, 15) is 24.0 Å². The number of carbonyl (C=O) groups is 5. The van der Waals surface area contributed by atoms with Crippen LogP contribution in [0.4, 0.5) is 5.00 Å². The molecule has 4 rings (SSSR count).